The third-order valence-electron chi connectivity index (χ3n) is 2.88. The van der Waals surface area contributed by atoms with Crippen LogP contribution in [0.5, 0.6) is 5.75 Å². The smallest absolute Gasteiger partial charge is 0.146 e. The van der Waals surface area contributed by atoms with E-state index in [9.17, 15) is 4.39 Å². The van der Waals surface area contributed by atoms with Gasteiger partial charge in [-0.25, -0.2) is 4.39 Å². The lowest BCUT2D eigenvalue weighted by atomic mass is 10.2. The zero-order valence-electron chi connectivity index (χ0n) is 11.3. The average molecular weight is 294 g/mol. The molecule has 2 nitrogen and oxygen atoms in total. The van der Waals surface area contributed by atoms with Gasteiger partial charge < -0.3 is 10.1 Å². The first-order valence-corrected chi connectivity index (χ1v) is 6.87. The first kappa shape index (κ1) is 14.8. The van der Waals surface area contributed by atoms with Crippen molar-refractivity contribution < 1.29 is 9.13 Å². The van der Waals surface area contributed by atoms with E-state index < -0.39 is 0 Å². The van der Waals surface area contributed by atoms with Gasteiger partial charge in [-0.2, -0.15) is 0 Å². The summed E-state index contributed by atoms with van der Waals surface area (Å²) in [5.41, 5.74) is 1.73. The second-order valence-electron chi connectivity index (χ2n) is 4.55. The van der Waals surface area contributed by atoms with Crippen molar-refractivity contribution in [3.05, 3.63) is 64.4 Å². The standard InChI is InChI=1S/C16H17ClFNO/c1-12-4-2-6-14(10-12)20-9-8-19-11-13-5-3-7-15(17)16(13)18/h2-7,10,19H,8-9,11H2,1H3. The van der Waals surface area contributed by atoms with Gasteiger partial charge in [0.25, 0.3) is 0 Å². The molecule has 0 aliphatic carbocycles. The van der Waals surface area contributed by atoms with Crippen LogP contribution in [0, 0.1) is 12.7 Å². The van der Waals surface area contributed by atoms with Gasteiger partial charge in [0.15, 0.2) is 0 Å². The summed E-state index contributed by atoms with van der Waals surface area (Å²) in [6, 6.07) is 12.9. The molecule has 0 unspecified atom stereocenters. The Morgan fingerprint density at radius 2 is 2.00 bits per heavy atom. The monoisotopic (exact) mass is 293 g/mol. The molecule has 1 N–H and O–H groups in total. The molecular formula is C16H17ClFNO. The Hall–Kier alpha value is -1.58. The molecule has 20 heavy (non-hydrogen) atoms. The summed E-state index contributed by atoms with van der Waals surface area (Å²) in [4.78, 5) is 0. The Morgan fingerprint density at radius 3 is 2.80 bits per heavy atom. The number of ether oxygens (including phenoxy) is 1. The van der Waals surface area contributed by atoms with Crippen molar-refractivity contribution in [2.75, 3.05) is 13.2 Å². The number of hydrogen-bond acceptors (Lipinski definition) is 2. The van der Waals surface area contributed by atoms with Crippen LogP contribution in [0.25, 0.3) is 0 Å². The zero-order chi connectivity index (χ0) is 14.4. The van der Waals surface area contributed by atoms with Gasteiger partial charge >= 0.3 is 0 Å². The van der Waals surface area contributed by atoms with E-state index >= 15 is 0 Å². The summed E-state index contributed by atoms with van der Waals surface area (Å²) < 4.78 is 19.2. The summed E-state index contributed by atoms with van der Waals surface area (Å²) in [6.45, 7) is 3.63. The second kappa shape index (κ2) is 7.27. The van der Waals surface area contributed by atoms with Crippen LogP contribution in [0.3, 0.4) is 0 Å². The fraction of sp³-hybridized carbons (Fsp3) is 0.250. The van der Waals surface area contributed by atoms with E-state index in [-0.39, 0.29) is 10.8 Å². The Kier molecular flexibility index (Phi) is 5.39. The molecule has 0 radical (unpaired) electrons. The highest BCUT2D eigenvalue weighted by atomic mass is 35.5. The minimum Gasteiger partial charge on any atom is -0.492 e. The Labute approximate surface area is 123 Å². The molecule has 2 aromatic rings. The number of aryl methyl sites for hydroxylation is 1. The number of halogens is 2. The van der Waals surface area contributed by atoms with Gasteiger partial charge in [-0.3, -0.25) is 0 Å². The van der Waals surface area contributed by atoms with Crippen molar-refractivity contribution in [2.45, 2.75) is 13.5 Å². The van der Waals surface area contributed by atoms with Crippen molar-refractivity contribution in [1.82, 2.24) is 5.32 Å². The molecule has 0 amide bonds. The lowest BCUT2D eigenvalue weighted by molar-refractivity contribution is 0.313. The fourth-order valence-corrected chi connectivity index (χ4v) is 2.05. The summed E-state index contributed by atoms with van der Waals surface area (Å²) in [5.74, 6) is 0.488. The fourth-order valence-electron chi connectivity index (χ4n) is 1.85. The van der Waals surface area contributed by atoms with Crippen molar-refractivity contribution in [2.24, 2.45) is 0 Å². The van der Waals surface area contributed by atoms with Gasteiger partial charge in [-0.15, -0.1) is 0 Å². The molecule has 106 valence electrons. The molecule has 2 aromatic carbocycles. The van der Waals surface area contributed by atoms with E-state index in [1.807, 2.05) is 31.2 Å². The summed E-state index contributed by atoms with van der Waals surface area (Å²) in [6.07, 6.45) is 0. The normalized spacial score (nSPS) is 10.6. The van der Waals surface area contributed by atoms with E-state index in [0.29, 0.717) is 25.3 Å². The Bertz CT molecular complexity index is 574. The van der Waals surface area contributed by atoms with Crippen molar-refractivity contribution in [3.8, 4) is 5.75 Å². The van der Waals surface area contributed by atoms with E-state index in [4.69, 9.17) is 16.3 Å². The van der Waals surface area contributed by atoms with Gasteiger partial charge in [0.2, 0.25) is 0 Å². The second-order valence-corrected chi connectivity index (χ2v) is 4.96. The summed E-state index contributed by atoms with van der Waals surface area (Å²) >= 11 is 5.72. The highest BCUT2D eigenvalue weighted by molar-refractivity contribution is 6.30. The number of hydrogen-bond donors (Lipinski definition) is 1. The third-order valence-corrected chi connectivity index (χ3v) is 3.18. The average Bonchev–Trinajstić information content (AvgIpc) is 2.43. The molecule has 0 bridgehead atoms. The Morgan fingerprint density at radius 1 is 1.20 bits per heavy atom. The lowest BCUT2D eigenvalue weighted by Gasteiger charge is -2.09. The van der Waals surface area contributed by atoms with Crippen LogP contribution in [0.15, 0.2) is 42.5 Å². The van der Waals surface area contributed by atoms with Crippen LogP contribution in [0.2, 0.25) is 5.02 Å². The minimum absolute atomic E-state index is 0.153. The molecule has 0 fully saturated rings. The molecule has 2 rings (SSSR count). The van der Waals surface area contributed by atoms with Crippen molar-refractivity contribution in [3.63, 3.8) is 0 Å². The first-order valence-electron chi connectivity index (χ1n) is 6.50. The van der Waals surface area contributed by atoms with Crippen LogP contribution in [0.1, 0.15) is 11.1 Å². The maximum atomic E-state index is 13.6. The van der Waals surface area contributed by atoms with Crippen molar-refractivity contribution in [1.29, 1.82) is 0 Å². The largest absolute Gasteiger partial charge is 0.492 e. The minimum atomic E-state index is -0.360. The molecule has 0 aromatic heterocycles. The van der Waals surface area contributed by atoms with Gasteiger partial charge in [-0.1, -0.05) is 35.9 Å². The quantitative estimate of drug-likeness (QED) is 0.814. The maximum absolute atomic E-state index is 13.6. The third kappa shape index (κ3) is 4.22. The first-order chi connectivity index (χ1) is 9.66. The van der Waals surface area contributed by atoms with E-state index in [1.54, 1.807) is 18.2 Å². The molecule has 0 spiro atoms. The molecule has 0 saturated carbocycles. The van der Waals surface area contributed by atoms with Crippen molar-refractivity contribution >= 4 is 11.6 Å². The van der Waals surface area contributed by atoms with Gasteiger partial charge in [-0.05, 0) is 30.7 Å². The van der Waals surface area contributed by atoms with E-state index in [1.165, 1.54) is 0 Å². The topological polar surface area (TPSA) is 21.3 Å². The van der Waals surface area contributed by atoms with Gasteiger partial charge in [0.05, 0.1) is 5.02 Å². The van der Waals surface area contributed by atoms with Crippen LogP contribution in [0.4, 0.5) is 4.39 Å². The highest BCUT2D eigenvalue weighted by Crippen LogP contribution is 2.17. The van der Waals surface area contributed by atoms with Gasteiger partial charge in [0.1, 0.15) is 18.2 Å². The summed E-state index contributed by atoms with van der Waals surface area (Å²) in [7, 11) is 0. The maximum Gasteiger partial charge on any atom is 0.146 e. The van der Waals surface area contributed by atoms with E-state index in [0.717, 1.165) is 11.3 Å². The van der Waals surface area contributed by atoms with Gasteiger partial charge in [0, 0.05) is 18.7 Å². The molecule has 0 saturated heterocycles. The van der Waals surface area contributed by atoms with Crippen LogP contribution in [-0.4, -0.2) is 13.2 Å². The lowest BCUT2D eigenvalue weighted by Crippen LogP contribution is -2.21. The molecule has 0 heterocycles. The number of benzene rings is 2. The molecule has 0 atom stereocenters. The molecule has 4 heteroatoms. The molecule has 0 aliphatic heterocycles. The highest BCUT2D eigenvalue weighted by Gasteiger charge is 2.05. The number of rotatable bonds is 6. The van der Waals surface area contributed by atoms with E-state index in [2.05, 4.69) is 5.32 Å². The Balaban J connectivity index is 1.73. The molecule has 0 aliphatic rings. The predicted octanol–water partition coefficient (Wildman–Crippen LogP) is 3.96. The zero-order valence-corrected chi connectivity index (χ0v) is 12.1. The number of nitrogens with one attached hydrogen (secondary N) is 1. The van der Waals surface area contributed by atoms with Crippen LogP contribution < -0.4 is 10.1 Å². The predicted molar refractivity (Wildman–Crippen MR) is 79.8 cm³/mol. The van der Waals surface area contributed by atoms with Crippen LogP contribution >= 0.6 is 11.6 Å². The van der Waals surface area contributed by atoms with Crippen LogP contribution in [-0.2, 0) is 6.54 Å². The molecular weight excluding hydrogens is 277 g/mol. The SMILES string of the molecule is Cc1cccc(OCCNCc2cccc(Cl)c2F)c1. The summed E-state index contributed by atoms with van der Waals surface area (Å²) in [5, 5.41) is 3.28.